The van der Waals surface area contributed by atoms with Crippen LogP contribution in [0.15, 0.2) is 46.1 Å². The highest BCUT2D eigenvalue weighted by atomic mass is 32.2. The van der Waals surface area contributed by atoms with Crippen LogP contribution in [0.4, 0.5) is 0 Å². The van der Waals surface area contributed by atoms with Crippen LogP contribution in [0.2, 0.25) is 0 Å². The molecule has 1 amide bonds. The maximum absolute atomic E-state index is 11.8. The zero-order valence-electron chi connectivity index (χ0n) is 12.2. The normalized spacial score (nSPS) is 10.5. The highest BCUT2D eigenvalue weighted by Crippen LogP contribution is 2.15. The van der Waals surface area contributed by atoms with Crippen LogP contribution in [0.1, 0.15) is 24.0 Å². The Morgan fingerprint density at radius 3 is 2.71 bits per heavy atom. The van der Waals surface area contributed by atoms with E-state index in [-0.39, 0.29) is 5.91 Å². The summed E-state index contributed by atoms with van der Waals surface area (Å²) < 4.78 is 4.76. The minimum absolute atomic E-state index is 0.106. The standard InChI is InChI=1S/C16H20N2O2S/c1-21-15-7-4-13(5-8-15)6-9-16(19)17-10-2-3-14-11-18-20-12-14/h4-5,7-8,11-12H,2-3,6,9-10H2,1H3,(H,17,19). The van der Waals surface area contributed by atoms with Gasteiger partial charge in [-0.1, -0.05) is 17.3 Å². The minimum atomic E-state index is 0.106. The summed E-state index contributed by atoms with van der Waals surface area (Å²) in [6.07, 6.45) is 8.50. The summed E-state index contributed by atoms with van der Waals surface area (Å²) in [6, 6.07) is 8.36. The number of rotatable bonds is 8. The van der Waals surface area contributed by atoms with Crippen LogP contribution in [0.3, 0.4) is 0 Å². The van der Waals surface area contributed by atoms with Gasteiger partial charge in [-0.2, -0.15) is 0 Å². The van der Waals surface area contributed by atoms with Crippen LogP contribution < -0.4 is 5.32 Å². The zero-order valence-corrected chi connectivity index (χ0v) is 13.0. The van der Waals surface area contributed by atoms with E-state index in [1.165, 1.54) is 10.5 Å². The largest absolute Gasteiger partial charge is 0.364 e. The van der Waals surface area contributed by atoms with Crippen molar-refractivity contribution in [2.75, 3.05) is 12.8 Å². The molecule has 0 bridgehead atoms. The molecule has 1 aromatic carbocycles. The summed E-state index contributed by atoms with van der Waals surface area (Å²) in [5, 5.41) is 6.59. The monoisotopic (exact) mass is 304 g/mol. The van der Waals surface area contributed by atoms with Crippen LogP contribution in [0.5, 0.6) is 0 Å². The second kappa shape index (κ2) is 8.52. The zero-order chi connectivity index (χ0) is 14.9. The van der Waals surface area contributed by atoms with Crippen LogP contribution >= 0.6 is 11.8 Å². The number of aryl methyl sites for hydroxylation is 2. The Hall–Kier alpha value is -1.75. The molecule has 0 aliphatic carbocycles. The number of carbonyl (C=O) groups excluding carboxylic acids is 1. The summed E-state index contributed by atoms with van der Waals surface area (Å²) in [4.78, 5) is 13.0. The summed E-state index contributed by atoms with van der Waals surface area (Å²) in [7, 11) is 0. The fourth-order valence-electron chi connectivity index (χ4n) is 2.01. The molecule has 1 aromatic heterocycles. The fraction of sp³-hybridized carbons (Fsp3) is 0.375. The molecule has 0 aliphatic heterocycles. The Kier molecular flexibility index (Phi) is 6.34. The molecule has 1 heterocycles. The van der Waals surface area contributed by atoms with Crippen molar-refractivity contribution in [3.05, 3.63) is 47.9 Å². The second-order valence-corrected chi connectivity index (χ2v) is 5.71. The molecule has 0 radical (unpaired) electrons. The van der Waals surface area contributed by atoms with E-state index in [1.807, 2.05) is 0 Å². The van der Waals surface area contributed by atoms with Gasteiger partial charge >= 0.3 is 0 Å². The summed E-state index contributed by atoms with van der Waals surface area (Å²) in [5.74, 6) is 0.106. The van der Waals surface area contributed by atoms with Crippen LogP contribution in [-0.2, 0) is 17.6 Å². The number of hydrogen-bond donors (Lipinski definition) is 1. The predicted molar refractivity (Wildman–Crippen MR) is 84.4 cm³/mol. The average molecular weight is 304 g/mol. The third-order valence-corrected chi connectivity index (χ3v) is 3.99. The molecule has 0 aliphatic rings. The van der Waals surface area contributed by atoms with Gasteiger partial charge in [-0.15, -0.1) is 11.8 Å². The highest BCUT2D eigenvalue weighted by molar-refractivity contribution is 7.98. The second-order valence-electron chi connectivity index (χ2n) is 4.83. The lowest BCUT2D eigenvalue weighted by Crippen LogP contribution is -2.24. The maximum Gasteiger partial charge on any atom is 0.220 e. The molecule has 2 aromatic rings. The smallest absolute Gasteiger partial charge is 0.220 e. The first-order chi connectivity index (χ1) is 10.3. The first kappa shape index (κ1) is 15.6. The first-order valence-corrected chi connectivity index (χ1v) is 8.28. The number of nitrogens with zero attached hydrogens (tertiary/aromatic N) is 1. The molecular formula is C16H20N2O2S. The van der Waals surface area contributed by atoms with Crippen LogP contribution in [0, 0.1) is 0 Å². The minimum Gasteiger partial charge on any atom is -0.364 e. The molecule has 0 unspecified atom stereocenters. The maximum atomic E-state index is 11.8. The van der Waals surface area contributed by atoms with Crippen molar-refractivity contribution in [2.24, 2.45) is 0 Å². The van der Waals surface area contributed by atoms with Crippen molar-refractivity contribution in [3.8, 4) is 0 Å². The molecule has 2 rings (SSSR count). The van der Waals surface area contributed by atoms with Gasteiger partial charge in [0, 0.05) is 23.4 Å². The van der Waals surface area contributed by atoms with Gasteiger partial charge in [-0.25, -0.2) is 0 Å². The molecule has 0 atom stereocenters. The Bertz CT molecular complexity index is 538. The average Bonchev–Trinajstić information content (AvgIpc) is 3.03. The van der Waals surface area contributed by atoms with Crippen LogP contribution in [0.25, 0.3) is 0 Å². The van der Waals surface area contributed by atoms with Gasteiger partial charge < -0.3 is 9.84 Å². The van der Waals surface area contributed by atoms with Crippen molar-refractivity contribution in [1.82, 2.24) is 10.5 Å². The van der Waals surface area contributed by atoms with Gasteiger partial charge in [0.05, 0.1) is 6.20 Å². The Balaban J connectivity index is 1.60. The number of hydrogen-bond acceptors (Lipinski definition) is 4. The van der Waals surface area contributed by atoms with Crippen molar-refractivity contribution in [2.45, 2.75) is 30.6 Å². The fourth-order valence-corrected chi connectivity index (χ4v) is 2.42. The van der Waals surface area contributed by atoms with E-state index in [0.717, 1.165) is 24.8 Å². The predicted octanol–water partition coefficient (Wildman–Crippen LogP) is 3.08. The van der Waals surface area contributed by atoms with Gasteiger partial charge in [0.1, 0.15) is 6.26 Å². The quantitative estimate of drug-likeness (QED) is 0.601. The molecule has 0 fully saturated rings. The number of amides is 1. The number of aromatic nitrogens is 1. The molecule has 0 saturated carbocycles. The topological polar surface area (TPSA) is 55.1 Å². The van der Waals surface area contributed by atoms with E-state index in [9.17, 15) is 4.79 Å². The molecule has 0 spiro atoms. The van der Waals surface area contributed by atoms with Gasteiger partial charge in [0.2, 0.25) is 5.91 Å². The van der Waals surface area contributed by atoms with Gasteiger partial charge in [-0.05, 0) is 43.2 Å². The molecule has 1 N–H and O–H groups in total. The van der Waals surface area contributed by atoms with Gasteiger partial charge in [-0.3, -0.25) is 4.79 Å². The lowest BCUT2D eigenvalue weighted by Gasteiger charge is -2.05. The lowest BCUT2D eigenvalue weighted by molar-refractivity contribution is -0.121. The lowest BCUT2D eigenvalue weighted by atomic mass is 10.1. The van der Waals surface area contributed by atoms with E-state index in [4.69, 9.17) is 4.52 Å². The van der Waals surface area contributed by atoms with Gasteiger partial charge in [0.15, 0.2) is 0 Å². The molecule has 21 heavy (non-hydrogen) atoms. The number of nitrogens with one attached hydrogen (secondary N) is 1. The van der Waals surface area contributed by atoms with E-state index in [2.05, 4.69) is 41.0 Å². The Morgan fingerprint density at radius 2 is 2.05 bits per heavy atom. The van der Waals surface area contributed by atoms with E-state index in [1.54, 1.807) is 24.2 Å². The molecule has 5 heteroatoms. The Labute approximate surface area is 129 Å². The van der Waals surface area contributed by atoms with E-state index in [0.29, 0.717) is 13.0 Å². The molecule has 112 valence electrons. The van der Waals surface area contributed by atoms with Crippen molar-refractivity contribution < 1.29 is 9.32 Å². The van der Waals surface area contributed by atoms with Crippen LogP contribution in [-0.4, -0.2) is 23.9 Å². The summed E-state index contributed by atoms with van der Waals surface area (Å²) in [5.41, 5.74) is 2.27. The van der Waals surface area contributed by atoms with Crippen molar-refractivity contribution in [1.29, 1.82) is 0 Å². The summed E-state index contributed by atoms with van der Waals surface area (Å²) in [6.45, 7) is 0.690. The van der Waals surface area contributed by atoms with Crippen molar-refractivity contribution in [3.63, 3.8) is 0 Å². The number of carbonyl (C=O) groups is 1. The SMILES string of the molecule is CSc1ccc(CCC(=O)NCCCc2cnoc2)cc1. The summed E-state index contributed by atoms with van der Waals surface area (Å²) >= 11 is 1.72. The van der Waals surface area contributed by atoms with E-state index >= 15 is 0 Å². The molecular weight excluding hydrogens is 284 g/mol. The number of benzene rings is 1. The first-order valence-electron chi connectivity index (χ1n) is 7.06. The molecule has 0 saturated heterocycles. The Morgan fingerprint density at radius 1 is 1.24 bits per heavy atom. The van der Waals surface area contributed by atoms with Gasteiger partial charge in [0.25, 0.3) is 0 Å². The highest BCUT2D eigenvalue weighted by Gasteiger charge is 2.02. The van der Waals surface area contributed by atoms with Crippen molar-refractivity contribution >= 4 is 17.7 Å². The third kappa shape index (κ3) is 5.63. The van der Waals surface area contributed by atoms with E-state index < -0.39 is 0 Å². The third-order valence-electron chi connectivity index (χ3n) is 3.25. The number of thioether (sulfide) groups is 1. The molecule has 4 nitrogen and oxygen atoms in total.